The van der Waals surface area contributed by atoms with Gasteiger partial charge in [-0.15, -0.1) is 6.42 Å². The summed E-state index contributed by atoms with van der Waals surface area (Å²) in [5, 5.41) is 2.77. The number of nitrogens with one attached hydrogen (secondary N) is 1. The molecule has 0 aliphatic carbocycles. The van der Waals surface area contributed by atoms with Gasteiger partial charge in [-0.25, -0.2) is 0 Å². The van der Waals surface area contributed by atoms with Crippen molar-refractivity contribution in [2.75, 3.05) is 5.32 Å². The van der Waals surface area contributed by atoms with Gasteiger partial charge in [0.1, 0.15) is 0 Å². The van der Waals surface area contributed by atoms with Gasteiger partial charge in [0.25, 0.3) is 0 Å². The summed E-state index contributed by atoms with van der Waals surface area (Å²) in [6.45, 7) is 4.07. The van der Waals surface area contributed by atoms with Gasteiger partial charge in [-0.1, -0.05) is 19.8 Å². The summed E-state index contributed by atoms with van der Waals surface area (Å²) in [5.74, 6) is 2.76. The lowest BCUT2D eigenvalue weighted by atomic mass is 10.0. The van der Waals surface area contributed by atoms with Crippen LogP contribution in [0, 0.1) is 18.3 Å². The zero-order valence-electron chi connectivity index (χ0n) is 10.2. The third-order valence-corrected chi connectivity index (χ3v) is 2.38. The van der Waals surface area contributed by atoms with Crippen LogP contribution in [-0.4, -0.2) is 11.9 Å². The van der Waals surface area contributed by atoms with Crippen LogP contribution < -0.4 is 11.1 Å². The Morgan fingerprint density at radius 2 is 2.00 bits per heavy atom. The molecule has 1 atom stereocenters. The highest BCUT2D eigenvalue weighted by Gasteiger charge is 2.14. The molecular formula is C14H18N2O. The number of hydrogen-bond donors (Lipinski definition) is 2. The Labute approximate surface area is 102 Å². The number of hydrogen-bond acceptors (Lipinski definition) is 2. The molecular weight excluding hydrogens is 212 g/mol. The van der Waals surface area contributed by atoms with E-state index in [2.05, 4.69) is 11.2 Å². The quantitative estimate of drug-likeness (QED) is 0.777. The SMILES string of the molecule is C#Cc1ccc(NC(=O)[C@@H](N)CC(C)C)cc1. The van der Waals surface area contributed by atoms with Crippen molar-refractivity contribution in [3.8, 4) is 12.3 Å². The van der Waals surface area contributed by atoms with Crippen LogP contribution in [0.1, 0.15) is 25.8 Å². The highest BCUT2D eigenvalue weighted by molar-refractivity contribution is 5.94. The monoisotopic (exact) mass is 230 g/mol. The van der Waals surface area contributed by atoms with Crippen molar-refractivity contribution in [2.24, 2.45) is 11.7 Å². The van der Waals surface area contributed by atoms with Gasteiger partial charge >= 0.3 is 0 Å². The number of anilines is 1. The molecule has 0 saturated carbocycles. The number of rotatable bonds is 4. The highest BCUT2D eigenvalue weighted by atomic mass is 16.2. The number of carbonyl (C=O) groups excluding carboxylic acids is 1. The van der Waals surface area contributed by atoms with Crippen molar-refractivity contribution in [3.63, 3.8) is 0 Å². The van der Waals surface area contributed by atoms with Gasteiger partial charge in [0.15, 0.2) is 0 Å². The van der Waals surface area contributed by atoms with Gasteiger partial charge < -0.3 is 11.1 Å². The first-order valence-electron chi connectivity index (χ1n) is 5.66. The van der Waals surface area contributed by atoms with Gasteiger partial charge in [-0.05, 0) is 36.6 Å². The molecule has 0 aromatic heterocycles. The zero-order valence-corrected chi connectivity index (χ0v) is 10.2. The first kappa shape index (κ1) is 13.3. The predicted octanol–water partition coefficient (Wildman–Crippen LogP) is 1.98. The van der Waals surface area contributed by atoms with Gasteiger partial charge in [-0.2, -0.15) is 0 Å². The maximum absolute atomic E-state index is 11.7. The normalized spacial score (nSPS) is 11.9. The van der Waals surface area contributed by atoms with E-state index < -0.39 is 6.04 Å². The molecule has 0 saturated heterocycles. The molecule has 1 amide bonds. The van der Waals surface area contributed by atoms with Crippen molar-refractivity contribution < 1.29 is 4.79 Å². The third kappa shape index (κ3) is 4.29. The number of nitrogens with two attached hydrogens (primary N) is 1. The summed E-state index contributed by atoms with van der Waals surface area (Å²) in [6.07, 6.45) is 5.92. The van der Waals surface area contributed by atoms with Gasteiger partial charge in [-0.3, -0.25) is 4.79 Å². The maximum Gasteiger partial charge on any atom is 0.241 e. The summed E-state index contributed by atoms with van der Waals surface area (Å²) >= 11 is 0. The van der Waals surface area contributed by atoms with Crippen molar-refractivity contribution in [2.45, 2.75) is 26.3 Å². The van der Waals surface area contributed by atoms with Crippen molar-refractivity contribution in [3.05, 3.63) is 29.8 Å². The zero-order chi connectivity index (χ0) is 12.8. The summed E-state index contributed by atoms with van der Waals surface area (Å²) in [6, 6.07) is 6.64. The van der Waals surface area contributed by atoms with Crippen molar-refractivity contribution in [1.82, 2.24) is 0 Å². The Kier molecular flexibility index (Phi) is 4.74. The average molecular weight is 230 g/mol. The molecule has 3 N–H and O–H groups in total. The number of carbonyl (C=O) groups is 1. The molecule has 1 aromatic carbocycles. The molecule has 3 nitrogen and oxygen atoms in total. The van der Waals surface area contributed by atoms with Crippen LogP contribution in [0.15, 0.2) is 24.3 Å². The Bertz CT molecular complexity index is 415. The van der Waals surface area contributed by atoms with E-state index in [1.54, 1.807) is 24.3 Å². The number of terminal acetylenes is 1. The van der Waals surface area contributed by atoms with E-state index in [4.69, 9.17) is 12.2 Å². The molecule has 0 unspecified atom stereocenters. The molecule has 0 fully saturated rings. The predicted molar refractivity (Wildman–Crippen MR) is 70.4 cm³/mol. The Hall–Kier alpha value is -1.79. The Morgan fingerprint density at radius 3 is 2.47 bits per heavy atom. The number of benzene rings is 1. The first-order valence-corrected chi connectivity index (χ1v) is 5.66. The smallest absolute Gasteiger partial charge is 0.241 e. The topological polar surface area (TPSA) is 55.1 Å². The summed E-state index contributed by atoms with van der Waals surface area (Å²) in [5.41, 5.74) is 7.28. The molecule has 1 aromatic rings. The molecule has 0 aliphatic rings. The van der Waals surface area contributed by atoms with Crippen LogP contribution in [0.3, 0.4) is 0 Å². The maximum atomic E-state index is 11.7. The second-order valence-corrected chi connectivity index (χ2v) is 4.45. The van der Waals surface area contributed by atoms with Gasteiger partial charge in [0.05, 0.1) is 6.04 Å². The molecule has 90 valence electrons. The van der Waals surface area contributed by atoms with E-state index in [0.717, 1.165) is 5.56 Å². The van der Waals surface area contributed by atoms with E-state index >= 15 is 0 Å². The standard InChI is InChI=1S/C14H18N2O/c1-4-11-5-7-12(8-6-11)16-14(17)13(15)9-10(2)3/h1,5-8,10,13H,9,15H2,2-3H3,(H,16,17)/t13-/m0/s1. The Balaban J connectivity index is 2.59. The second-order valence-electron chi connectivity index (χ2n) is 4.45. The van der Waals surface area contributed by atoms with Gasteiger partial charge in [0, 0.05) is 11.3 Å². The molecule has 0 spiro atoms. The summed E-state index contributed by atoms with van der Waals surface area (Å²) < 4.78 is 0. The van der Waals surface area contributed by atoms with Crippen LogP contribution in [0.5, 0.6) is 0 Å². The Morgan fingerprint density at radius 1 is 1.41 bits per heavy atom. The minimum absolute atomic E-state index is 0.160. The number of amides is 1. The minimum atomic E-state index is -0.470. The van der Waals surface area contributed by atoms with E-state index in [9.17, 15) is 4.79 Å². The molecule has 1 rings (SSSR count). The molecule has 0 radical (unpaired) electrons. The molecule has 0 heterocycles. The van der Waals surface area contributed by atoms with Crippen LogP contribution in [-0.2, 0) is 4.79 Å². The highest BCUT2D eigenvalue weighted by Crippen LogP contribution is 2.10. The van der Waals surface area contributed by atoms with Gasteiger partial charge in [0.2, 0.25) is 5.91 Å². The van der Waals surface area contributed by atoms with E-state index in [0.29, 0.717) is 18.0 Å². The molecule has 0 bridgehead atoms. The largest absolute Gasteiger partial charge is 0.325 e. The molecule has 0 aliphatic heterocycles. The second kappa shape index (κ2) is 6.07. The molecule has 17 heavy (non-hydrogen) atoms. The lowest BCUT2D eigenvalue weighted by Crippen LogP contribution is -2.36. The summed E-state index contributed by atoms with van der Waals surface area (Å²) in [4.78, 5) is 11.7. The minimum Gasteiger partial charge on any atom is -0.325 e. The fraction of sp³-hybridized carbons (Fsp3) is 0.357. The first-order chi connectivity index (χ1) is 8.02. The van der Waals surface area contributed by atoms with E-state index in [1.807, 2.05) is 13.8 Å². The van der Waals surface area contributed by atoms with Crippen molar-refractivity contribution in [1.29, 1.82) is 0 Å². The lowest BCUT2D eigenvalue weighted by molar-refractivity contribution is -0.117. The van der Waals surface area contributed by atoms with E-state index in [1.165, 1.54) is 0 Å². The third-order valence-electron chi connectivity index (χ3n) is 2.38. The fourth-order valence-corrected chi connectivity index (χ4v) is 1.50. The fourth-order valence-electron chi connectivity index (χ4n) is 1.50. The van der Waals surface area contributed by atoms with E-state index in [-0.39, 0.29) is 5.91 Å². The average Bonchev–Trinajstić information content (AvgIpc) is 2.29. The summed E-state index contributed by atoms with van der Waals surface area (Å²) in [7, 11) is 0. The lowest BCUT2D eigenvalue weighted by Gasteiger charge is -2.14. The van der Waals surface area contributed by atoms with Crippen LogP contribution in [0.2, 0.25) is 0 Å². The van der Waals surface area contributed by atoms with Crippen LogP contribution in [0.4, 0.5) is 5.69 Å². The van der Waals surface area contributed by atoms with Crippen molar-refractivity contribution >= 4 is 11.6 Å². The van der Waals surface area contributed by atoms with Crippen LogP contribution >= 0.6 is 0 Å². The molecule has 3 heteroatoms. The van der Waals surface area contributed by atoms with Crippen LogP contribution in [0.25, 0.3) is 0 Å².